The van der Waals surface area contributed by atoms with Crippen LogP contribution in [0, 0.1) is 0 Å². The number of aliphatic hydroxyl groups is 1. The summed E-state index contributed by atoms with van der Waals surface area (Å²) in [6.07, 6.45) is 0.497. The molecule has 0 atom stereocenters. The number of hydrogen-bond donors (Lipinski definition) is 3. The van der Waals surface area contributed by atoms with E-state index < -0.39 is 0 Å². The van der Waals surface area contributed by atoms with Crippen LogP contribution in [-0.2, 0) is 0 Å². The first kappa shape index (κ1) is 8.90. The van der Waals surface area contributed by atoms with Gasteiger partial charge >= 0.3 is 0 Å². The molecule has 0 saturated heterocycles. The first-order valence-corrected chi connectivity index (χ1v) is 2.89. The minimum Gasteiger partial charge on any atom is -0.396 e. The molecule has 0 aromatic heterocycles. The normalized spacial score (nSPS) is 11.2. The average molecular weight is 144 g/mol. The van der Waals surface area contributed by atoms with E-state index in [1.807, 2.05) is 0 Å². The van der Waals surface area contributed by atoms with Crippen LogP contribution >= 0.6 is 0 Å². The molecule has 0 rings (SSSR count). The molecule has 0 heterocycles. The maximum Gasteiger partial charge on any atom is 0.211 e. The van der Waals surface area contributed by atoms with Crippen molar-refractivity contribution >= 4 is 11.7 Å². The van der Waals surface area contributed by atoms with Crippen LogP contribution in [0.1, 0.15) is 13.3 Å². The summed E-state index contributed by atoms with van der Waals surface area (Å²) in [5.74, 6) is -0.0720. The molecule has 0 bridgehead atoms. The minimum absolute atomic E-state index is 0.0648. The lowest BCUT2D eigenvalue weighted by Gasteiger charge is -1.91. The Hall–Kier alpha value is -1.10. The topological polar surface area (TPSA) is 97.0 Å². The fourth-order valence-electron chi connectivity index (χ4n) is 0.355. The summed E-state index contributed by atoms with van der Waals surface area (Å²) in [7, 11) is 0. The molecule has 10 heavy (non-hydrogen) atoms. The highest BCUT2D eigenvalue weighted by atomic mass is 16.3. The van der Waals surface area contributed by atoms with Crippen molar-refractivity contribution in [1.29, 1.82) is 0 Å². The monoisotopic (exact) mass is 144 g/mol. The van der Waals surface area contributed by atoms with Crippen molar-refractivity contribution in [1.82, 2.24) is 0 Å². The second-order valence-corrected chi connectivity index (χ2v) is 1.83. The van der Waals surface area contributed by atoms with Crippen LogP contribution in [0.25, 0.3) is 0 Å². The fourth-order valence-corrected chi connectivity index (χ4v) is 0.355. The Bertz CT molecular complexity index is 148. The zero-order valence-corrected chi connectivity index (χ0v) is 5.91. The van der Waals surface area contributed by atoms with Gasteiger partial charge in [0.15, 0.2) is 0 Å². The maximum atomic E-state index is 8.41. The Labute approximate surface area is 59.4 Å². The van der Waals surface area contributed by atoms with E-state index in [0.717, 1.165) is 0 Å². The summed E-state index contributed by atoms with van der Waals surface area (Å²) in [5.41, 5.74) is 10.7. The van der Waals surface area contributed by atoms with Gasteiger partial charge in [0.2, 0.25) is 5.96 Å². The Kier molecular flexibility index (Phi) is 4.23. The molecule has 0 spiro atoms. The van der Waals surface area contributed by atoms with E-state index in [1.54, 1.807) is 6.92 Å². The van der Waals surface area contributed by atoms with Gasteiger partial charge in [0, 0.05) is 18.7 Å². The third kappa shape index (κ3) is 5.04. The molecule has 0 fully saturated rings. The molecule has 0 aliphatic carbocycles. The van der Waals surface area contributed by atoms with Crippen LogP contribution in [0.4, 0.5) is 0 Å². The molecule has 0 aromatic rings. The lowest BCUT2D eigenvalue weighted by molar-refractivity contribution is 0.307. The van der Waals surface area contributed by atoms with Gasteiger partial charge in [-0.1, -0.05) is 0 Å². The number of hydrogen-bond acceptors (Lipinski definition) is 3. The van der Waals surface area contributed by atoms with Crippen molar-refractivity contribution in [2.45, 2.75) is 13.3 Å². The SMILES string of the molecule is CC(CCO)=NN=C(N)N. The van der Waals surface area contributed by atoms with Crippen molar-refractivity contribution in [3.8, 4) is 0 Å². The molecule has 0 radical (unpaired) electrons. The van der Waals surface area contributed by atoms with Crippen LogP contribution in [0.2, 0.25) is 0 Å². The van der Waals surface area contributed by atoms with Crippen LogP contribution in [0.3, 0.4) is 0 Å². The first-order chi connectivity index (χ1) is 4.66. The molecule has 0 amide bonds. The lowest BCUT2D eigenvalue weighted by Crippen LogP contribution is -2.22. The molecule has 5 nitrogen and oxygen atoms in total. The van der Waals surface area contributed by atoms with Gasteiger partial charge in [-0.05, 0) is 6.92 Å². The number of rotatable bonds is 3. The molecule has 0 unspecified atom stereocenters. The van der Waals surface area contributed by atoms with E-state index in [0.29, 0.717) is 12.1 Å². The van der Waals surface area contributed by atoms with E-state index in [4.69, 9.17) is 16.6 Å². The van der Waals surface area contributed by atoms with Crippen LogP contribution < -0.4 is 11.5 Å². The fraction of sp³-hybridized carbons (Fsp3) is 0.600. The Morgan fingerprint density at radius 3 is 2.40 bits per heavy atom. The standard InChI is InChI=1S/C5H12N4O/c1-4(2-3-10)8-9-5(6)7/h10H,2-3H2,1H3,(H4,6,7,9). The maximum absolute atomic E-state index is 8.41. The van der Waals surface area contributed by atoms with Crippen LogP contribution in [0.5, 0.6) is 0 Å². The molecule has 0 aliphatic heterocycles. The Morgan fingerprint density at radius 2 is 2.00 bits per heavy atom. The number of guanidine groups is 1. The van der Waals surface area contributed by atoms with E-state index >= 15 is 0 Å². The third-order valence-electron chi connectivity index (χ3n) is 0.810. The van der Waals surface area contributed by atoms with Gasteiger partial charge in [0.25, 0.3) is 0 Å². The summed E-state index contributed by atoms with van der Waals surface area (Å²) < 4.78 is 0. The van der Waals surface area contributed by atoms with E-state index in [9.17, 15) is 0 Å². The van der Waals surface area contributed by atoms with Crippen molar-refractivity contribution in [3.05, 3.63) is 0 Å². The predicted molar refractivity (Wildman–Crippen MR) is 40.6 cm³/mol. The summed E-state index contributed by atoms with van der Waals surface area (Å²) >= 11 is 0. The van der Waals surface area contributed by atoms with Crippen molar-refractivity contribution in [2.75, 3.05) is 6.61 Å². The van der Waals surface area contributed by atoms with Crippen LogP contribution in [0.15, 0.2) is 10.2 Å². The quantitative estimate of drug-likeness (QED) is 0.270. The molecule has 0 aliphatic rings. The highest BCUT2D eigenvalue weighted by molar-refractivity contribution is 5.83. The van der Waals surface area contributed by atoms with Crippen molar-refractivity contribution in [3.63, 3.8) is 0 Å². The van der Waals surface area contributed by atoms with Crippen molar-refractivity contribution < 1.29 is 5.11 Å². The second-order valence-electron chi connectivity index (χ2n) is 1.83. The molecule has 5 N–H and O–H groups in total. The minimum atomic E-state index is -0.0720. The molecule has 0 aromatic carbocycles. The lowest BCUT2D eigenvalue weighted by atomic mass is 10.3. The van der Waals surface area contributed by atoms with Gasteiger partial charge < -0.3 is 16.6 Å². The van der Waals surface area contributed by atoms with E-state index in [-0.39, 0.29) is 12.6 Å². The van der Waals surface area contributed by atoms with Crippen LogP contribution in [-0.4, -0.2) is 23.4 Å². The zero-order chi connectivity index (χ0) is 7.98. The zero-order valence-electron chi connectivity index (χ0n) is 5.91. The Morgan fingerprint density at radius 1 is 1.40 bits per heavy atom. The molecule has 0 saturated carbocycles. The number of nitrogens with two attached hydrogens (primary N) is 2. The molecule has 5 heteroatoms. The highest BCUT2D eigenvalue weighted by Gasteiger charge is 1.87. The average Bonchev–Trinajstić information content (AvgIpc) is 1.85. The smallest absolute Gasteiger partial charge is 0.211 e. The van der Waals surface area contributed by atoms with Crippen molar-refractivity contribution in [2.24, 2.45) is 21.7 Å². The third-order valence-corrected chi connectivity index (χ3v) is 0.810. The molecule has 58 valence electrons. The molecular formula is C5H12N4O. The van der Waals surface area contributed by atoms with E-state index in [1.165, 1.54) is 0 Å². The van der Waals surface area contributed by atoms with Gasteiger partial charge in [0.1, 0.15) is 0 Å². The number of nitrogens with zero attached hydrogens (tertiary/aromatic N) is 2. The summed E-state index contributed by atoms with van der Waals surface area (Å²) in [5, 5.41) is 15.4. The first-order valence-electron chi connectivity index (χ1n) is 2.89. The van der Waals surface area contributed by atoms with Gasteiger partial charge in [0.05, 0.1) is 0 Å². The summed E-state index contributed by atoms with van der Waals surface area (Å²) in [4.78, 5) is 0. The Balaban J connectivity index is 3.79. The number of aliphatic hydroxyl groups excluding tert-OH is 1. The van der Waals surface area contributed by atoms with Gasteiger partial charge in [-0.3, -0.25) is 0 Å². The second kappa shape index (κ2) is 4.75. The van der Waals surface area contributed by atoms with Gasteiger partial charge in [-0.25, -0.2) is 0 Å². The summed E-state index contributed by atoms with van der Waals surface area (Å²) in [6.45, 7) is 1.80. The van der Waals surface area contributed by atoms with Gasteiger partial charge in [-0.2, -0.15) is 5.10 Å². The van der Waals surface area contributed by atoms with Gasteiger partial charge in [-0.15, -0.1) is 5.10 Å². The molecular weight excluding hydrogens is 132 g/mol. The largest absolute Gasteiger partial charge is 0.396 e. The predicted octanol–water partition coefficient (Wildman–Crippen LogP) is -0.982. The summed E-state index contributed by atoms with van der Waals surface area (Å²) in [6, 6.07) is 0. The van der Waals surface area contributed by atoms with E-state index in [2.05, 4.69) is 10.2 Å². The highest BCUT2D eigenvalue weighted by Crippen LogP contribution is 1.84.